The molecule has 25 heavy (non-hydrogen) atoms. The lowest BCUT2D eigenvalue weighted by molar-refractivity contribution is -0.142. The summed E-state index contributed by atoms with van der Waals surface area (Å²) in [7, 11) is 3.90. The third kappa shape index (κ3) is 3.29. The van der Waals surface area contributed by atoms with Gasteiger partial charge in [-0.25, -0.2) is 0 Å². The van der Waals surface area contributed by atoms with Crippen LogP contribution in [0.4, 0.5) is 11.4 Å². The molecular formula is C19H23N3O3. The minimum absolute atomic E-state index is 0.223. The van der Waals surface area contributed by atoms with E-state index in [1.165, 1.54) is 0 Å². The summed E-state index contributed by atoms with van der Waals surface area (Å²) in [5, 5.41) is 2.81. The Balaban J connectivity index is 1.67. The molecule has 6 nitrogen and oxygen atoms in total. The number of hydrogen-bond donors (Lipinski definition) is 1. The largest absolute Gasteiger partial charge is 0.378 e. The number of carbonyl (C=O) groups excluding carboxylic acids is 3. The van der Waals surface area contributed by atoms with Crippen LogP contribution in [0, 0.1) is 18.8 Å². The van der Waals surface area contributed by atoms with Crippen molar-refractivity contribution >= 4 is 29.1 Å². The van der Waals surface area contributed by atoms with E-state index in [2.05, 4.69) is 5.32 Å². The van der Waals surface area contributed by atoms with E-state index in [0.717, 1.165) is 16.2 Å². The van der Waals surface area contributed by atoms with E-state index >= 15 is 0 Å². The zero-order valence-electron chi connectivity index (χ0n) is 14.8. The van der Waals surface area contributed by atoms with Crippen LogP contribution in [0.25, 0.3) is 0 Å². The SMILES string of the molecule is Cc1cc(N(C)C)ccc1NC(=O)CN1C(=O)[C@H]2CC=CC[C@@H]2C1=O. The monoisotopic (exact) mass is 341 g/mol. The van der Waals surface area contributed by atoms with Gasteiger partial charge < -0.3 is 10.2 Å². The van der Waals surface area contributed by atoms with Gasteiger partial charge in [0.15, 0.2) is 0 Å². The highest BCUT2D eigenvalue weighted by atomic mass is 16.2. The first kappa shape index (κ1) is 17.2. The van der Waals surface area contributed by atoms with E-state index in [1.54, 1.807) is 0 Å². The molecular weight excluding hydrogens is 318 g/mol. The first-order valence-corrected chi connectivity index (χ1v) is 8.46. The van der Waals surface area contributed by atoms with Crippen molar-refractivity contribution in [3.63, 3.8) is 0 Å². The summed E-state index contributed by atoms with van der Waals surface area (Å²) in [5.41, 5.74) is 2.65. The lowest BCUT2D eigenvalue weighted by atomic mass is 9.85. The zero-order chi connectivity index (χ0) is 18.1. The maximum absolute atomic E-state index is 12.4. The van der Waals surface area contributed by atoms with E-state index in [1.807, 2.05) is 56.3 Å². The Hall–Kier alpha value is -2.63. The van der Waals surface area contributed by atoms with E-state index < -0.39 is 0 Å². The second-order valence-electron chi connectivity index (χ2n) is 6.86. The number of aryl methyl sites for hydroxylation is 1. The van der Waals surface area contributed by atoms with Crippen molar-refractivity contribution in [2.24, 2.45) is 11.8 Å². The number of amides is 3. The lowest BCUT2D eigenvalue weighted by Crippen LogP contribution is -2.38. The molecule has 1 saturated heterocycles. The maximum Gasteiger partial charge on any atom is 0.244 e. The van der Waals surface area contributed by atoms with E-state index in [0.29, 0.717) is 18.5 Å². The third-order valence-corrected chi connectivity index (χ3v) is 4.90. The predicted octanol–water partition coefficient (Wildman–Crippen LogP) is 1.95. The van der Waals surface area contributed by atoms with Gasteiger partial charge in [-0.3, -0.25) is 19.3 Å². The topological polar surface area (TPSA) is 69.7 Å². The molecule has 0 bridgehead atoms. The minimum Gasteiger partial charge on any atom is -0.378 e. The Labute approximate surface area is 147 Å². The van der Waals surface area contributed by atoms with Gasteiger partial charge in [0.1, 0.15) is 6.54 Å². The number of carbonyl (C=O) groups is 3. The summed E-state index contributed by atoms with van der Waals surface area (Å²) in [6.45, 7) is 1.69. The van der Waals surface area contributed by atoms with Crippen molar-refractivity contribution in [1.29, 1.82) is 0 Å². The molecule has 1 aliphatic carbocycles. The first-order valence-electron chi connectivity index (χ1n) is 8.46. The fourth-order valence-corrected chi connectivity index (χ4v) is 3.42. The van der Waals surface area contributed by atoms with E-state index in [-0.39, 0.29) is 36.1 Å². The fourth-order valence-electron chi connectivity index (χ4n) is 3.42. The standard InChI is InChI=1S/C19H23N3O3/c1-12-10-13(21(2)3)8-9-16(12)20-17(23)11-22-18(24)14-6-4-5-7-15(14)19(22)25/h4-5,8-10,14-15H,6-7,11H2,1-3H3,(H,20,23)/t14-,15-/m0/s1. The Bertz CT molecular complexity index is 728. The molecule has 0 spiro atoms. The van der Waals surface area contributed by atoms with Gasteiger partial charge in [-0.15, -0.1) is 0 Å². The van der Waals surface area contributed by atoms with Crippen molar-refractivity contribution in [2.45, 2.75) is 19.8 Å². The molecule has 1 heterocycles. The van der Waals surface area contributed by atoms with Gasteiger partial charge in [-0.2, -0.15) is 0 Å². The molecule has 1 aromatic rings. The highest BCUT2D eigenvalue weighted by Crippen LogP contribution is 2.34. The van der Waals surface area contributed by atoms with Crippen molar-refractivity contribution in [3.8, 4) is 0 Å². The molecule has 1 aliphatic heterocycles. The van der Waals surface area contributed by atoms with Crippen molar-refractivity contribution in [1.82, 2.24) is 4.90 Å². The van der Waals surface area contributed by atoms with Crippen LogP contribution in [0.1, 0.15) is 18.4 Å². The van der Waals surface area contributed by atoms with Crippen molar-refractivity contribution < 1.29 is 14.4 Å². The summed E-state index contributed by atoms with van der Waals surface area (Å²) in [6, 6.07) is 5.72. The average Bonchev–Trinajstić information content (AvgIpc) is 2.82. The number of nitrogens with one attached hydrogen (secondary N) is 1. The molecule has 132 valence electrons. The average molecular weight is 341 g/mol. The van der Waals surface area contributed by atoms with Crippen LogP contribution in [0.15, 0.2) is 30.4 Å². The number of hydrogen-bond acceptors (Lipinski definition) is 4. The zero-order valence-corrected chi connectivity index (χ0v) is 14.8. The maximum atomic E-state index is 12.4. The number of allylic oxidation sites excluding steroid dienone is 2. The predicted molar refractivity (Wildman–Crippen MR) is 96.2 cm³/mol. The van der Waals surface area contributed by atoms with Crippen LogP contribution < -0.4 is 10.2 Å². The van der Waals surface area contributed by atoms with Gasteiger partial charge in [0.05, 0.1) is 11.8 Å². The molecule has 0 radical (unpaired) electrons. The molecule has 3 rings (SSSR count). The quantitative estimate of drug-likeness (QED) is 0.671. The number of rotatable bonds is 4. The molecule has 0 unspecified atom stereocenters. The number of likely N-dealkylation sites (tertiary alicyclic amines) is 1. The highest BCUT2D eigenvalue weighted by molar-refractivity contribution is 6.09. The third-order valence-electron chi connectivity index (χ3n) is 4.90. The van der Waals surface area contributed by atoms with Gasteiger partial charge in [-0.05, 0) is 43.5 Å². The Morgan fingerprint density at radius 1 is 1.16 bits per heavy atom. The second kappa shape index (κ2) is 6.70. The molecule has 1 N–H and O–H groups in total. The van der Waals surface area contributed by atoms with Crippen molar-refractivity contribution in [3.05, 3.63) is 35.9 Å². The molecule has 0 aromatic heterocycles. The Morgan fingerprint density at radius 2 is 1.76 bits per heavy atom. The number of nitrogens with zero attached hydrogens (tertiary/aromatic N) is 2. The minimum atomic E-state index is -0.353. The number of anilines is 2. The Kier molecular flexibility index (Phi) is 4.61. The summed E-state index contributed by atoms with van der Waals surface area (Å²) >= 11 is 0. The van der Waals surface area contributed by atoms with Crippen LogP contribution in [-0.4, -0.2) is 43.3 Å². The molecule has 2 atom stereocenters. The normalized spacial score (nSPS) is 22.1. The molecule has 3 amide bonds. The smallest absolute Gasteiger partial charge is 0.244 e. The molecule has 0 saturated carbocycles. The molecule has 1 aromatic carbocycles. The lowest BCUT2D eigenvalue weighted by Gasteiger charge is -2.17. The van der Waals surface area contributed by atoms with Crippen LogP contribution >= 0.6 is 0 Å². The Morgan fingerprint density at radius 3 is 2.28 bits per heavy atom. The molecule has 2 aliphatic rings. The number of imide groups is 1. The van der Waals surface area contributed by atoms with Crippen LogP contribution in [0.2, 0.25) is 0 Å². The van der Waals surface area contributed by atoms with Gasteiger partial charge in [-0.1, -0.05) is 12.2 Å². The van der Waals surface area contributed by atoms with Crippen LogP contribution in [-0.2, 0) is 14.4 Å². The fraction of sp³-hybridized carbons (Fsp3) is 0.421. The summed E-state index contributed by atoms with van der Waals surface area (Å²) in [6.07, 6.45) is 5.04. The molecule has 1 fully saturated rings. The van der Waals surface area contributed by atoms with E-state index in [4.69, 9.17) is 0 Å². The summed E-state index contributed by atoms with van der Waals surface area (Å²) < 4.78 is 0. The van der Waals surface area contributed by atoms with Gasteiger partial charge >= 0.3 is 0 Å². The van der Waals surface area contributed by atoms with E-state index in [9.17, 15) is 14.4 Å². The van der Waals surface area contributed by atoms with Gasteiger partial charge in [0.25, 0.3) is 0 Å². The van der Waals surface area contributed by atoms with Gasteiger partial charge in [0, 0.05) is 25.5 Å². The first-order chi connectivity index (χ1) is 11.9. The number of benzene rings is 1. The second-order valence-corrected chi connectivity index (χ2v) is 6.86. The highest BCUT2D eigenvalue weighted by Gasteiger charge is 2.47. The summed E-state index contributed by atoms with van der Waals surface area (Å²) in [5.74, 6) is -1.41. The van der Waals surface area contributed by atoms with Crippen LogP contribution in [0.3, 0.4) is 0 Å². The van der Waals surface area contributed by atoms with Gasteiger partial charge in [0.2, 0.25) is 17.7 Å². The number of fused-ring (bicyclic) bond motifs is 1. The van der Waals surface area contributed by atoms with Crippen LogP contribution in [0.5, 0.6) is 0 Å². The molecule has 6 heteroatoms. The summed E-state index contributed by atoms with van der Waals surface area (Å²) in [4.78, 5) is 40.3. The van der Waals surface area contributed by atoms with Crippen molar-refractivity contribution in [2.75, 3.05) is 30.9 Å².